The highest BCUT2D eigenvalue weighted by atomic mass is 35.5. The van der Waals surface area contributed by atoms with E-state index in [1.165, 1.54) is 0 Å². The fourth-order valence-corrected chi connectivity index (χ4v) is 1.07. The van der Waals surface area contributed by atoms with E-state index in [1.807, 2.05) is 32.0 Å². The van der Waals surface area contributed by atoms with Gasteiger partial charge in [-0.2, -0.15) is 0 Å². The van der Waals surface area contributed by atoms with E-state index in [0.717, 1.165) is 11.1 Å². The second-order valence-electron chi connectivity index (χ2n) is 2.84. The molecule has 0 amide bonds. The Morgan fingerprint density at radius 1 is 1.46 bits per heavy atom. The van der Waals surface area contributed by atoms with Gasteiger partial charge in [0.15, 0.2) is 6.61 Å². The highest BCUT2D eigenvalue weighted by Crippen LogP contribution is 2.20. The average Bonchev–Trinajstić information content (AvgIpc) is 2.07. The van der Waals surface area contributed by atoms with Gasteiger partial charge in [0, 0.05) is 0 Å². The van der Waals surface area contributed by atoms with Crippen LogP contribution in [0.2, 0.25) is 0 Å². The van der Waals surface area contributed by atoms with Crippen LogP contribution in [0.25, 0.3) is 0 Å². The molecule has 0 unspecified atom stereocenters. The third kappa shape index (κ3) is 2.74. The molecule has 0 bridgehead atoms. The van der Waals surface area contributed by atoms with E-state index in [-0.39, 0.29) is 6.61 Å². The molecular weight excluding hydrogens is 188 g/mol. The van der Waals surface area contributed by atoms with Crippen molar-refractivity contribution in [2.45, 2.75) is 13.8 Å². The molecule has 0 atom stereocenters. The van der Waals surface area contributed by atoms with Crippen LogP contribution in [-0.4, -0.2) is 11.8 Å². The lowest BCUT2D eigenvalue weighted by Gasteiger charge is -2.08. The second-order valence-corrected chi connectivity index (χ2v) is 3.26. The first-order chi connectivity index (χ1) is 6.11. The molecule has 0 spiro atoms. The first kappa shape index (κ1) is 10.1. The molecule has 0 fully saturated rings. The van der Waals surface area contributed by atoms with Crippen molar-refractivity contribution < 1.29 is 9.53 Å². The van der Waals surface area contributed by atoms with Gasteiger partial charge < -0.3 is 4.74 Å². The predicted octanol–water partition coefficient (Wildman–Crippen LogP) is 2.45. The van der Waals surface area contributed by atoms with Crippen LogP contribution in [0.3, 0.4) is 0 Å². The van der Waals surface area contributed by atoms with Gasteiger partial charge in [-0.25, -0.2) is 0 Å². The molecule has 0 N–H and O–H groups in total. The number of benzene rings is 1. The van der Waals surface area contributed by atoms with Crippen molar-refractivity contribution in [1.29, 1.82) is 0 Å². The lowest BCUT2D eigenvalue weighted by atomic mass is 10.1. The summed E-state index contributed by atoms with van der Waals surface area (Å²) in [6.07, 6.45) is 0. The fraction of sp³-hybridized carbons (Fsp3) is 0.300. The molecule has 0 aliphatic rings. The van der Waals surface area contributed by atoms with E-state index in [9.17, 15) is 4.79 Å². The zero-order chi connectivity index (χ0) is 9.84. The van der Waals surface area contributed by atoms with Crippen LogP contribution in [0.5, 0.6) is 5.75 Å². The summed E-state index contributed by atoms with van der Waals surface area (Å²) in [5, 5.41) is -0.485. The van der Waals surface area contributed by atoms with Crippen molar-refractivity contribution in [2.24, 2.45) is 0 Å². The second kappa shape index (κ2) is 4.28. The van der Waals surface area contributed by atoms with Crippen molar-refractivity contribution in [3.05, 3.63) is 29.3 Å². The number of halogens is 1. The van der Waals surface area contributed by atoms with Gasteiger partial charge in [0.25, 0.3) is 5.24 Å². The Hall–Kier alpha value is -1.02. The van der Waals surface area contributed by atoms with Crippen LogP contribution in [0.15, 0.2) is 18.2 Å². The predicted molar refractivity (Wildman–Crippen MR) is 52.3 cm³/mol. The molecule has 0 aliphatic heterocycles. The lowest BCUT2D eigenvalue weighted by Crippen LogP contribution is -2.05. The SMILES string of the molecule is Cc1cccc(OCC(=O)Cl)c1C. The molecule has 2 nitrogen and oxygen atoms in total. The highest BCUT2D eigenvalue weighted by molar-refractivity contribution is 6.63. The van der Waals surface area contributed by atoms with Crippen LogP contribution in [0.4, 0.5) is 0 Å². The van der Waals surface area contributed by atoms with E-state index in [4.69, 9.17) is 16.3 Å². The van der Waals surface area contributed by atoms with Crippen molar-refractivity contribution >= 4 is 16.8 Å². The van der Waals surface area contributed by atoms with Crippen LogP contribution >= 0.6 is 11.6 Å². The zero-order valence-electron chi connectivity index (χ0n) is 7.63. The van der Waals surface area contributed by atoms with Gasteiger partial charge in [-0.05, 0) is 42.6 Å². The first-order valence-corrected chi connectivity index (χ1v) is 4.36. The Labute approximate surface area is 82.5 Å². The monoisotopic (exact) mass is 198 g/mol. The number of rotatable bonds is 3. The molecule has 70 valence electrons. The van der Waals surface area contributed by atoms with E-state index in [0.29, 0.717) is 5.75 Å². The fourth-order valence-electron chi connectivity index (χ4n) is 1.02. The minimum absolute atomic E-state index is 0.0775. The van der Waals surface area contributed by atoms with E-state index < -0.39 is 5.24 Å². The van der Waals surface area contributed by atoms with Crippen LogP contribution in [0, 0.1) is 13.8 Å². The number of hydrogen-bond acceptors (Lipinski definition) is 2. The van der Waals surface area contributed by atoms with Gasteiger partial charge in [0.05, 0.1) is 0 Å². The molecule has 0 saturated carbocycles. The van der Waals surface area contributed by atoms with Crippen LogP contribution in [0.1, 0.15) is 11.1 Å². The molecule has 3 heteroatoms. The lowest BCUT2D eigenvalue weighted by molar-refractivity contribution is -0.113. The van der Waals surface area contributed by atoms with Crippen LogP contribution < -0.4 is 4.74 Å². The van der Waals surface area contributed by atoms with Gasteiger partial charge in [-0.1, -0.05) is 12.1 Å². The minimum Gasteiger partial charge on any atom is -0.484 e. The Balaban J connectivity index is 2.77. The number of carbonyl (C=O) groups excluding carboxylic acids is 1. The smallest absolute Gasteiger partial charge is 0.259 e. The molecule has 1 rings (SSSR count). The van der Waals surface area contributed by atoms with Crippen molar-refractivity contribution in [3.63, 3.8) is 0 Å². The normalized spacial score (nSPS) is 9.77. The minimum atomic E-state index is -0.485. The largest absolute Gasteiger partial charge is 0.484 e. The third-order valence-corrected chi connectivity index (χ3v) is 2.01. The molecule has 13 heavy (non-hydrogen) atoms. The Morgan fingerprint density at radius 2 is 2.15 bits per heavy atom. The van der Waals surface area contributed by atoms with Crippen molar-refractivity contribution in [3.8, 4) is 5.75 Å². The molecule has 0 saturated heterocycles. The van der Waals surface area contributed by atoms with E-state index >= 15 is 0 Å². The molecule has 1 aromatic rings. The Morgan fingerprint density at radius 3 is 2.77 bits per heavy atom. The van der Waals surface area contributed by atoms with Gasteiger partial charge in [-0.15, -0.1) is 0 Å². The quantitative estimate of drug-likeness (QED) is 0.698. The molecule has 0 radical (unpaired) electrons. The van der Waals surface area contributed by atoms with E-state index in [2.05, 4.69) is 0 Å². The summed E-state index contributed by atoms with van der Waals surface area (Å²) < 4.78 is 5.20. The van der Waals surface area contributed by atoms with Crippen molar-refractivity contribution in [2.75, 3.05) is 6.61 Å². The Bertz CT molecular complexity index is 321. The van der Waals surface area contributed by atoms with Crippen LogP contribution in [-0.2, 0) is 4.79 Å². The summed E-state index contributed by atoms with van der Waals surface area (Å²) in [5.74, 6) is 0.717. The Kier molecular flexibility index (Phi) is 3.32. The molecule has 0 aliphatic carbocycles. The number of hydrogen-bond donors (Lipinski definition) is 0. The van der Waals surface area contributed by atoms with Gasteiger partial charge in [-0.3, -0.25) is 4.79 Å². The standard InChI is InChI=1S/C10H11ClO2/c1-7-4-3-5-9(8(7)2)13-6-10(11)12/h3-5H,6H2,1-2H3. The first-order valence-electron chi connectivity index (χ1n) is 3.98. The van der Waals surface area contributed by atoms with Gasteiger partial charge in [0.2, 0.25) is 0 Å². The van der Waals surface area contributed by atoms with Gasteiger partial charge in [0.1, 0.15) is 5.75 Å². The summed E-state index contributed by atoms with van der Waals surface area (Å²) in [6, 6.07) is 5.70. The average molecular weight is 199 g/mol. The summed E-state index contributed by atoms with van der Waals surface area (Å²) in [4.78, 5) is 10.5. The number of ether oxygens (including phenoxy) is 1. The maximum atomic E-state index is 10.5. The van der Waals surface area contributed by atoms with Gasteiger partial charge >= 0.3 is 0 Å². The topological polar surface area (TPSA) is 26.3 Å². The molecule has 1 aromatic carbocycles. The summed E-state index contributed by atoms with van der Waals surface area (Å²) in [6.45, 7) is 3.86. The molecular formula is C10H11ClO2. The third-order valence-electron chi connectivity index (χ3n) is 1.90. The summed E-state index contributed by atoms with van der Waals surface area (Å²) in [5.41, 5.74) is 2.18. The summed E-state index contributed by atoms with van der Waals surface area (Å²) in [7, 11) is 0. The van der Waals surface area contributed by atoms with E-state index in [1.54, 1.807) is 0 Å². The highest BCUT2D eigenvalue weighted by Gasteiger charge is 2.03. The molecule has 0 aromatic heterocycles. The number of carbonyl (C=O) groups is 1. The summed E-state index contributed by atoms with van der Waals surface area (Å²) >= 11 is 5.16. The van der Waals surface area contributed by atoms with Crippen molar-refractivity contribution in [1.82, 2.24) is 0 Å². The maximum absolute atomic E-state index is 10.5. The number of aryl methyl sites for hydroxylation is 1. The zero-order valence-corrected chi connectivity index (χ0v) is 8.39. The molecule has 0 heterocycles. The maximum Gasteiger partial charge on any atom is 0.259 e.